The first-order chi connectivity index (χ1) is 61.4. The van der Waals surface area contributed by atoms with E-state index < -0.39 is 186 Å². The van der Waals surface area contributed by atoms with Gasteiger partial charge in [0.05, 0.1) is 0 Å². The molecule has 0 radical (unpaired) electrons. The average molecular weight is 2300 g/mol. The third-order valence-corrected chi connectivity index (χ3v) is 44.9. The molecular formula is C102H200F30O10Si5. The minimum Gasteiger partial charge on any atom is -0.398 e. The van der Waals surface area contributed by atoms with Crippen molar-refractivity contribution in [1.29, 1.82) is 0 Å². The lowest BCUT2D eigenvalue weighted by molar-refractivity contribution is -0.375. The maximum Gasteiger partial charge on any atom is 0.403 e. The zero-order chi connectivity index (χ0) is 107. The first-order valence-corrected chi connectivity index (χ1v) is 61.7. The number of hydrogen-bond acceptors (Lipinski definition) is 10. The van der Waals surface area contributed by atoms with Gasteiger partial charge in [0.15, 0.2) is 27.1 Å². The van der Waals surface area contributed by atoms with E-state index in [0.717, 1.165) is 98.3 Å². The lowest BCUT2D eigenvalue weighted by Crippen LogP contribution is -2.59. The molecule has 0 spiro atoms. The molecule has 14 rings (SSSR count). The molecule has 14 saturated carbocycles. The smallest absolute Gasteiger partial charge is 0.398 e. The molecule has 14 aliphatic carbocycles. The molecule has 0 aromatic heterocycles. The van der Waals surface area contributed by atoms with Crippen LogP contribution in [0.25, 0.3) is 0 Å². The SMILES string of the molecule is C.C.C.C.C.C.C.C.C.C.C1C2CC3CC1CC(C2)C3.CC(C)(C1CC2CCC1C2)C(C)(C(F)(F)F)C(F)(F)F.CC(C1CC2CCC1C2)C(C)(C(F)(F)F)C(F)(F)F.CC(CC1CC2CC1C1C3CCC(C3)C21)(C(F)(F)F)C(F)(F)F.CC(CC1CC2CCC1C2)(C(F)(F)F)C(F)(F)F.CCC(C)(C(F)(F)F)C(F)(F)F.CO[Si](C)(C)OC.CO[Si](C)(C)OC.CO[Si](C)(C)OC.CO[Si](C)(C)OC.CO[Si](C)(C)OC. The minimum absolute atomic E-state index is 0. The molecule has 45 heteroatoms. The van der Waals surface area contributed by atoms with Crippen molar-refractivity contribution in [2.45, 2.75) is 431 Å². The van der Waals surface area contributed by atoms with Crippen LogP contribution in [0.15, 0.2) is 0 Å². The Morgan fingerprint density at radius 3 is 0.694 bits per heavy atom. The van der Waals surface area contributed by atoms with Gasteiger partial charge in [-0.3, -0.25) is 0 Å². The van der Waals surface area contributed by atoms with E-state index in [1.165, 1.54) is 36.5 Å². The number of alkyl halides is 30. The average Bonchev–Trinajstić information content (AvgIpc) is 1.57. The van der Waals surface area contributed by atoms with Crippen LogP contribution in [0.4, 0.5) is 132 Å². The topological polar surface area (TPSA) is 92.3 Å². The first-order valence-electron chi connectivity index (χ1n) is 47.6. The molecule has 0 aromatic rings. The Balaban J connectivity index is -0.000000246. The molecule has 14 bridgehead atoms. The van der Waals surface area contributed by atoms with E-state index in [0.29, 0.717) is 101 Å². The Hall–Kier alpha value is -1.42. The third kappa shape index (κ3) is 39.6. The van der Waals surface area contributed by atoms with E-state index in [-0.39, 0.29) is 105 Å². The van der Waals surface area contributed by atoms with Gasteiger partial charge in [-0.15, -0.1) is 0 Å². The maximum absolute atomic E-state index is 13.3. The van der Waals surface area contributed by atoms with Crippen molar-refractivity contribution in [3.63, 3.8) is 0 Å². The Labute approximate surface area is 873 Å². The molecule has 14 fully saturated rings. The van der Waals surface area contributed by atoms with Gasteiger partial charge in [0.25, 0.3) is 0 Å². The summed E-state index contributed by atoms with van der Waals surface area (Å²) in [6, 6.07) is 0. The first kappa shape index (κ1) is 161. The summed E-state index contributed by atoms with van der Waals surface area (Å²) >= 11 is 0. The molecule has 0 aromatic carbocycles. The van der Waals surface area contributed by atoms with E-state index in [1.54, 1.807) is 110 Å². The molecule has 0 aliphatic heterocycles. The van der Waals surface area contributed by atoms with Crippen LogP contribution in [0.1, 0.15) is 304 Å². The van der Waals surface area contributed by atoms with Crippen LogP contribution in [-0.4, -0.2) is 176 Å². The molecule has 147 heavy (non-hydrogen) atoms. The number of halogens is 30. The van der Waals surface area contributed by atoms with Crippen LogP contribution in [0.5, 0.6) is 0 Å². The molecule has 0 N–H and O–H groups in total. The van der Waals surface area contributed by atoms with E-state index in [1.807, 2.05) is 65.5 Å². The highest BCUT2D eigenvalue weighted by molar-refractivity contribution is 6.65. The fourth-order valence-corrected chi connectivity index (χ4v) is 24.6. The van der Waals surface area contributed by atoms with Gasteiger partial charge in [0.2, 0.25) is 0 Å². The van der Waals surface area contributed by atoms with Gasteiger partial charge in [-0.05, 0) is 377 Å². The third-order valence-electron chi connectivity index (χ3n) is 35.1. The van der Waals surface area contributed by atoms with Crippen molar-refractivity contribution in [3.8, 4) is 0 Å². The van der Waals surface area contributed by atoms with Crippen molar-refractivity contribution in [2.75, 3.05) is 71.1 Å². The Morgan fingerprint density at radius 1 is 0.238 bits per heavy atom. The summed E-state index contributed by atoms with van der Waals surface area (Å²) in [7, 11) is 8.51. The number of hydrogen-bond donors (Lipinski definition) is 0. The van der Waals surface area contributed by atoms with E-state index >= 15 is 0 Å². The van der Waals surface area contributed by atoms with Crippen LogP contribution in [0.2, 0.25) is 65.5 Å². The lowest BCUT2D eigenvalue weighted by Gasteiger charge is -2.51. The molecule has 0 amide bonds. The molecular weight excluding hydrogens is 2100 g/mol. The van der Waals surface area contributed by atoms with E-state index in [9.17, 15) is 132 Å². The standard InChI is InChI=1S/C17H22F6.C14H20F6.C13H18F6.C12H16F6.C10H16.C6H8F6.5C4H12O2Si.10CH4/c1-15(16(18,19)20,17(21,22)23)7-11-5-10-6-12(11)14-9-3-2-8(4-9)13(10)14;1-11(2,10-7-8-4-5-9(10)6-8)12(3,13(15,16)17)14(18,19)20;1-7(10-6-8-3-4-9(10)5-8)11(2,12(14,15)16)13(17,18)19;1-10(11(13,14)15,12(16,17)18)6-9-5-7-2-3-8(9)4-7;1-7-2-9-4-8(1)5-10(3-7)6-9;1-3-4(2,5(7,8)9)6(10,11)12;5*1-5-7(3,4)6-2;;;;;;;;;;/h8-14H,2-7H2,1H3;8-10H,4-7H2,1-3H3;7-10H,3-6H2,1-2H3;7-9H,2-6H2,1H3;7-10H,1-6H2;3H2,1-2H3;5*1-4H3;10*1H4. The predicted molar refractivity (Wildman–Crippen MR) is 544 cm³/mol. The maximum atomic E-state index is 13.3. The second kappa shape index (κ2) is 59.6. The van der Waals surface area contributed by atoms with Gasteiger partial charge < -0.3 is 44.3 Å². The summed E-state index contributed by atoms with van der Waals surface area (Å²) in [6.07, 6.45) is -31.3. The summed E-state index contributed by atoms with van der Waals surface area (Å²) in [5, 5.41) is 0. The highest BCUT2D eigenvalue weighted by Crippen LogP contribution is 2.73. The molecule has 17 atom stereocenters. The minimum atomic E-state index is -5.30. The van der Waals surface area contributed by atoms with Gasteiger partial charge >= 0.3 is 105 Å². The Bertz CT molecular complexity index is 3320. The van der Waals surface area contributed by atoms with Gasteiger partial charge in [-0.2, -0.15) is 132 Å². The van der Waals surface area contributed by atoms with Crippen LogP contribution < -0.4 is 0 Å². The zero-order valence-electron chi connectivity index (χ0n) is 85.4. The normalized spacial score (nSPS) is 27.9. The number of rotatable bonds is 19. The second-order valence-electron chi connectivity index (χ2n) is 44.7. The van der Waals surface area contributed by atoms with Gasteiger partial charge in [0.1, 0.15) is 0 Å². The molecule has 0 heterocycles. The molecule has 17 unspecified atom stereocenters. The lowest BCUT2D eigenvalue weighted by atomic mass is 9.56. The predicted octanol–water partition coefficient (Wildman–Crippen LogP) is 39.2. The largest absolute Gasteiger partial charge is 0.403 e. The van der Waals surface area contributed by atoms with Crippen molar-refractivity contribution in [3.05, 3.63) is 0 Å². The quantitative estimate of drug-likeness (QED) is 0.0707. The highest BCUT2D eigenvalue weighted by Gasteiger charge is 2.78. The second-order valence-corrected chi connectivity index (χ2v) is 62.8. The van der Waals surface area contributed by atoms with E-state index in [4.69, 9.17) is 44.3 Å². The molecule has 898 valence electrons. The Kier molecular flexibility index (Phi) is 65.2. The fourth-order valence-electron chi connectivity index (χ4n) is 23.8. The van der Waals surface area contributed by atoms with Crippen LogP contribution in [-0.2, 0) is 44.3 Å². The molecule has 10 nitrogen and oxygen atoms in total. The van der Waals surface area contributed by atoms with Crippen LogP contribution in [0.3, 0.4) is 0 Å². The van der Waals surface area contributed by atoms with Gasteiger partial charge in [0, 0.05) is 71.1 Å². The van der Waals surface area contributed by atoms with Gasteiger partial charge in [-0.1, -0.05) is 121 Å². The monoisotopic (exact) mass is 2300 g/mol. The van der Waals surface area contributed by atoms with Crippen molar-refractivity contribution >= 4 is 42.8 Å². The Morgan fingerprint density at radius 2 is 0.490 bits per heavy atom. The highest BCUT2D eigenvalue weighted by atomic mass is 28.4. The fraction of sp³-hybridized carbons (Fsp3) is 1.00. The summed E-state index contributed by atoms with van der Waals surface area (Å²) in [5.41, 5.74) is -19.8. The zero-order valence-corrected chi connectivity index (χ0v) is 90.4. The molecule has 0 saturated heterocycles. The van der Waals surface area contributed by atoms with Gasteiger partial charge in [-0.25, -0.2) is 0 Å². The van der Waals surface area contributed by atoms with E-state index in [2.05, 4.69) is 0 Å². The summed E-state index contributed by atoms with van der Waals surface area (Å²) < 4.78 is 435. The van der Waals surface area contributed by atoms with Crippen molar-refractivity contribution in [1.82, 2.24) is 0 Å². The molecule has 14 aliphatic rings. The summed E-state index contributed by atoms with van der Waals surface area (Å²) in [6.45, 7) is 25.7. The summed E-state index contributed by atoms with van der Waals surface area (Å²) in [4.78, 5) is 0. The van der Waals surface area contributed by atoms with Crippen molar-refractivity contribution in [2.24, 2.45) is 157 Å². The number of fused-ring (bicyclic) bond motifs is 15. The van der Waals surface area contributed by atoms with Crippen LogP contribution >= 0.6 is 0 Å². The summed E-state index contributed by atoms with van der Waals surface area (Å²) in [5.74, 6) is 5.44. The van der Waals surface area contributed by atoms with Crippen molar-refractivity contribution < 1.29 is 176 Å². The van der Waals surface area contributed by atoms with Crippen LogP contribution in [0, 0.1) is 157 Å².